The number of ether oxygens (including phenoxy) is 1. The fourth-order valence-corrected chi connectivity index (χ4v) is 4.15. The highest BCUT2D eigenvalue weighted by Gasteiger charge is 2.47. The Morgan fingerprint density at radius 2 is 2.14 bits per heavy atom. The lowest BCUT2D eigenvalue weighted by Gasteiger charge is -2.50. The van der Waals surface area contributed by atoms with Gasteiger partial charge in [0.2, 0.25) is 0 Å². The molecule has 0 amide bonds. The number of fused-ring (bicyclic) bond motifs is 1. The van der Waals surface area contributed by atoms with Crippen LogP contribution in [0.5, 0.6) is 5.75 Å². The number of aliphatic hydroxyl groups is 1. The first kappa shape index (κ1) is 15.8. The van der Waals surface area contributed by atoms with Gasteiger partial charge in [0.1, 0.15) is 17.5 Å². The second-order valence-electron chi connectivity index (χ2n) is 7.56. The lowest BCUT2D eigenvalue weighted by molar-refractivity contribution is -0.0920. The van der Waals surface area contributed by atoms with Gasteiger partial charge in [0.15, 0.2) is 0 Å². The van der Waals surface area contributed by atoms with E-state index in [9.17, 15) is 5.11 Å². The fraction of sp³-hybridized carbons (Fsp3) is 0.684. The first-order valence-electron chi connectivity index (χ1n) is 8.66. The molecule has 1 saturated heterocycles. The predicted octanol–water partition coefficient (Wildman–Crippen LogP) is 3.55. The molecule has 122 valence electrons. The summed E-state index contributed by atoms with van der Waals surface area (Å²) in [6.07, 6.45) is 3.00. The summed E-state index contributed by atoms with van der Waals surface area (Å²) in [7, 11) is 0. The van der Waals surface area contributed by atoms with Crippen molar-refractivity contribution in [2.75, 3.05) is 13.1 Å². The maximum Gasteiger partial charge on any atom is 0.126 e. The summed E-state index contributed by atoms with van der Waals surface area (Å²) in [6, 6.07) is 6.27. The van der Waals surface area contributed by atoms with Crippen molar-refractivity contribution in [3.05, 3.63) is 29.3 Å². The Hall–Kier alpha value is -1.06. The first-order chi connectivity index (χ1) is 10.4. The molecule has 0 saturated carbocycles. The summed E-state index contributed by atoms with van der Waals surface area (Å²) < 4.78 is 6.29. The van der Waals surface area contributed by atoms with Crippen LogP contribution in [-0.2, 0) is 6.42 Å². The molecular weight excluding hydrogens is 274 g/mol. The normalized spacial score (nSPS) is 31.4. The summed E-state index contributed by atoms with van der Waals surface area (Å²) in [5.41, 5.74) is 1.84. The molecule has 3 heteroatoms. The predicted molar refractivity (Wildman–Crippen MR) is 89.2 cm³/mol. The molecule has 0 bridgehead atoms. The smallest absolute Gasteiger partial charge is 0.126 e. The zero-order valence-electron chi connectivity index (χ0n) is 14.3. The minimum Gasteiger partial charge on any atom is -0.486 e. The van der Waals surface area contributed by atoms with E-state index in [0.717, 1.165) is 30.8 Å². The molecule has 22 heavy (non-hydrogen) atoms. The number of likely N-dealkylation sites (tertiary alicyclic amines) is 1. The van der Waals surface area contributed by atoms with E-state index in [1.807, 2.05) is 6.07 Å². The van der Waals surface area contributed by atoms with Crippen molar-refractivity contribution in [1.82, 2.24) is 4.90 Å². The Balaban J connectivity index is 1.95. The van der Waals surface area contributed by atoms with Crippen molar-refractivity contribution in [3.63, 3.8) is 0 Å². The van der Waals surface area contributed by atoms with Crippen molar-refractivity contribution in [1.29, 1.82) is 0 Å². The second-order valence-corrected chi connectivity index (χ2v) is 7.56. The number of rotatable bonds is 2. The number of aliphatic hydroxyl groups excluding tert-OH is 1. The minimum absolute atomic E-state index is 0.0230. The van der Waals surface area contributed by atoms with E-state index in [0.29, 0.717) is 5.92 Å². The zero-order valence-corrected chi connectivity index (χ0v) is 14.3. The number of piperidine rings is 1. The van der Waals surface area contributed by atoms with E-state index < -0.39 is 6.10 Å². The summed E-state index contributed by atoms with van der Waals surface area (Å²) in [5, 5.41) is 11.1. The lowest BCUT2D eigenvalue weighted by Crippen LogP contribution is -2.59. The molecule has 0 aliphatic carbocycles. The molecule has 3 nitrogen and oxygen atoms in total. The van der Waals surface area contributed by atoms with Crippen molar-refractivity contribution in [2.24, 2.45) is 5.92 Å². The summed E-state index contributed by atoms with van der Waals surface area (Å²) in [5.74, 6) is 1.54. The van der Waals surface area contributed by atoms with Gasteiger partial charge in [-0.1, -0.05) is 19.9 Å². The summed E-state index contributed by atoms with van der Waals surface area (Å²) >= 11 is 0. The summed E-state index contributed by atoms with van der Waals surface area (Å²) in [6.45, 7) is 10.8. The van der Waals surface area contributed by atoms with Crippen LogP contribution in [-0.4, -0.2) is 34.7 Å². The molecule has 0 aromatic heterocycles. The Morgan fingerprint density at radius 3 is 2.82 bits per heavy atom. The zero-order chi connectivity index (χ0) is 15.9. The Kier molecular flexibility index (Phi) is 4.21. The van der Waals surface area contributed by atoms with Crippen LogP contribution in [0.15, 0.2) is 18.2 Å². The monoisotopic (exact) mass is 303 g/mol. The van der Waals surface area contributed by atoms with Crippen molar-refractivity contribution >= 4 is 0 Å². The number of aryl methyl sites for hydroxylation is 1. The Labute approximate surface area is 134 Å². The molecule has 1 aromatic carbocycles. The molecule has 0 radical (unpaired) electrons. The van der Waals surface area contributed by atoms with Gasteiger partial charge in [0.05, 0.1) is 6.04 Å². The number of nitrogens with zero attached hydrogens (tertiary/aromatic N) is 1. The molecule has 2 heterocycles. The Morgan fingerprint density at radius 1 is 1.36 bits per heavy atom. The molecule has 0 spiro atoms. The largest absolute Gasteiger partial charge is 0.486 e. The van der Waals surface area contributed by atoms with Crippen molar-refractivity contribution in [2.45, 2.75) is 64.7 Å². The van der Waals surface area contributed by atoms with Crippen LogP contribution in [0.25, 0.3) is 0 Å². The van der Waals surface area contributed by atoms with Crippen LogP contribution < -0.4 is 4.74 Å². The van der Waals surface area contributed by atoms with E-state index in [1.165, 1.54) is 18.4 Å². The molecule has 1 aromatic rings. The lowest BCUT2D eigenvalue weighted by atomic mass is 9.82. The number of benzene rings is 1. The average Bonchev–Trinajstić information content (AvgIpc) is 2.46. The fourth-order valence-electron chi connectivity index (χ4n) is 4.15. The molecular formula is C19H29NO2. The Bertz CT molecular complexity index is 540. The highest BCUT2D eigenvalue weighted by atomic mass is 16.5. The topological polar surface area (TPSA) is 32.7 Å². The molecule has 2 aliphatic heterocycles. The van der Waals surface area contributed by atoms with E-state index in [4.69, 9.17) is 4.74 Å². The average molecular weight is 303 g/mol. The third-order valence-corrected chi connectivity index (χ3v) is 5.27. The van der Waals surface area contributed by atoms with Crippen LogP contribution in [0, 0.1) is 5.92 Å². The van der Waals surface area contributed by atoms with Gasteiger partial charge >= 0.3 is 0 Å². The van der Waals surface area contributed by atoms with Crippen LogP contribution in [0.1, 0.15) is 57.8 Å². The van der Waals surface area contributed by atoms with Crippen molar-refractivity contribution in [3.8, 4) is 5.75 Å². The van der Waals surface area contributed by atoms with Gasteiger partial charge in [-0.25, -0.2) is 0 Å². The van der Waals surface area contributed by atoms with Gasteiger partial charge in [-0.15, -0.1) is 0 Å². The SMILES string of the molecule is CCc1ccc2c(c1)C(O)C(N1CCCC(C)C1)C(C)(C)O2. The number of hydrogen-bond acceptors (Lipinski definition) is 3. The molecule has 1 N–H and O–H groups in total. The minimum atomic E-state index is -0.476. The van der Waals surface area contributed by atoms with Crippen molar-refractivity contribution < 1.29 is 9.84 Å². The second kappa shape index (κ2) is 5.86. The molecule has 3 unspecified atom stereocenters. The molecule has 3 atom stereocenters. The molecule has 3 rings (SSSR count). The van der Waals surface area contributed by atoms with Gasteiger partial charge in [-0.2, -0.15) is 0 Å². The molecule has 2 aliphatic rings. The van der Waals surface area contributed by atoms with Gasteiger partial charge in [0, 0.05) is 12.1 Å². The number of hydrogen-bond donors (Lipinski definition) is 1. The van der Waals surface area contributed by atoms with Gasteiger partial charge < -0.3 is 9.84 Å². The third-order valence-electron chi connectivity index (χ3n) is 5.27. The van der Waals surface area contributed by atoms with Gasteiger partial charge in [0.25, 0.3) is 0 Å². The highest BCUT2D eigenvalue weighted by Crippen LogP contribution is 2.43. The maximum atomic E-state index is 11.1. The highest BCUT2D eigenvalue weighted by molar-refractivity contribution is 5.42. The van der Waals surface area contributed by atoms with Crippen LogP contribution in [0.3, 0.4) is 0 Å². The van der Waals surface area contributed by atoms with E-state index >= 15 is 0 Å². The first-order valence-corrected chi connectivity index (χ1v) is 8.66. The third kappa shape index (κ3) is 2.77. The standard InChI is InChI=1S/C19H29NO2/c1-5-14-8-9-16-15(11-14)17(21)18(19(3,4)22-16)20-10-6-7-13(2)12-20/h8-9,11,13,17-18,21H,5-7,10,12H2,1-4H3. The van der Waals surface area contributed by atoms with E-state index in [1.54, 1.807) is 0 Å². The van der Waals surface area contributed by atoms with E-state index in [2.05, 4.69) is 44.7 Å². The van der Waals surface area contributed by atoms with E-state index in [-0.39, 0.29) is 11.6 Å². The van der Waals surface area contributed by atoms with Gasteiger partial charge in [-0.05, 0) is 63.3 Å². The van der Waals surface area contributed by atoms with Gasteiger partial charge in [-0.3, -0.25) is 4.90 Å². The van der Waals surface area contributed by atoms with Crippen LogP contribution in [0.4, 0.5) is 0 Å². The summed E-state index contributed by atoms with van der Waals surface area (Å²) in [4.78, 5) is 2.44. The van der Waals surface area contributed by atoms with Crippen LogP contribution in [0.2, 0.25) is 0 Å². The quantitative estimate of drug-likeness (QED) is 0.907. The maximum absolute atomic E-state index is 11.1. The molecule has 1 fully saturated rings. The van der Waals surface area contributed by atoms with Crippen LogP contribution >= 0.6 is 0 Å².